The largest absolute Gasteiger partial charge is 0.325 e. The molecule has 1 aliphatic heterocycles. The molecule has 2 atom stereocenters. The Bertz CT molecular complexity index is 611. The van der Waals surface area contributed by atoms with Gasteiger partial charge in [-0.25, -0.2) is 13.6 Å². The molecule has 0 saturated carbocycles. The minimum atomic E-state index is -0.936. The number of imide groups is 1. The van der Waals surface area contributed by atoms with E-state index in [2.05, 4.69) is 5.32 Å². The topological polar surface area (TPSA) is 49.4 Å². The predicted octanol–water partition coefficient (Wildman–Crippen LogP) is 3.03. The summed E-state index contributed by atoms with van der Waals surface area (Å²) >= 11 is 0. The van der Waals surface area contributed by atoms with Crippen molar-refractivity contribution < 1.29 is 18.4 Å². The van der Waals surface area contributed by atoms with Crippen molar-refractivity contribution in [2.75, 3.05) is 6.54 Å². The second-order valence-corrected chi connectivity index (χ2v) is 6.77. The molecule has 3 amide bonds. The van der Waals surface area contributed by atoms with Crippen molar-refractivity contribution in [1.29, 1.82) is 0 Å². The molecule has 1 saturated heterocycles. The molecule has 0 bridgehead atoms. The van der Waals surface area contributed by atoms with E-state index in [1.165, 1.54) is 6.07 Å². The number of hydrogen-bond donors (Lipinski definition) is 1. The van der Waals surface area contributed by atoms with Gasteiger partial charge in [0, 0.05) is 6.54 Å². The summed E-state index contributed by atoms with van der Waals surface area (Å²) in [4.78, 5) is 25.5. The Morgan fingerprint density at radius 3 is 2.36 bits per heavy atom. The van der Waals surface area contributed by atoms with Crippen LogP contribution < -0.4 is 5.32 Å². The fourth-order valence-electron chi connectivity index (χ4n) is 2.48. The highest BCUT2D eigenvalue weighted by atomic mass is 19.2. The lowest BCUT2D eigenvalue weighted by Crippen LogP contribution is -2.41. The Labute approximate surface area is 128 Å². The number of nitrogens with one attached hydrogen (secondary N) is 1. The molecule has 22 heavy (non-hydrogen) atoms. The quantitative estimate of drug-likeness (QED) is 0.872. The average molecular weight is 310 g/mol. The molecule has 1 fully saturated rings. The summed E-state index contributed by atoms with van der Waals surface area (Å²) in [5, 5.41) is 2.67. The fourth-order valence-corrected chi connectivity index (χ4v) is 2.48. The standard InChI is InChI=1S/C16H20F2N2O2/c1-9(10-5-6-11(17)12(18)7-10)8-20-14(21)13(16(2,3)4)19-15(20)22/h5-7,9,13H,8H2,1-4H3,(H,19,22)/t9-,13+/m0/s1. The highest BCUT2D eigenvalue weighted by molar-refractivity contribution is 6.04. The Balaban J connectivity index is 2.14. The zero-order chi connectivity index (χ0) is 16.7. The summed E-state index contributed by atoms with van der Waals surface area (Å²) < 4.78 is 26.3. The molecule has 0 spiro atoms. The van der Waals surface area contributed by atoms with Gasteiger partial charge in [0.15, 0.2) is 11.6 Å². The zero-order valence-electron chi connectivity index (χ0n) is 13.1. The number of hydrogen-bond acceptors (Lipinski definition) is 2. The van der Waals surface area contributed by atoms with Gasteiger partial charge in [-0.3, -0.25) is 9.69 Å². The second kappa shape index (κ2) is 5.66. The summed E-state index contributed by atoms with van der Waals surface area (Å²) in [6, 6.07) is 2.59. The van der Waals surface area contributed by atoms with Crippen LogP contribution in [0.2, 0.25) is 0 Å². The fraction of sp³-hybridized carbons (Fsp3) is 0.500. The van der Waals surface area contributed by atoms with Crippen LogP contribution in [0.4, 0.5) is 13.6 Å². The first-order chi connectivity index (χ1) is 10.1. The molecular weight excluding hydrogens is 290 g/mol. The van der Waals surface area contributed by atoms with Gasteiger partial charge in [-0.05, 0) is 29.0 Å². The number of benzene rings is 1. The molecule has 1 aliphatic rings. The lowest BCUT2D eigenvalue weighted by molar-refractivity contribution is -0.129. The van der Waals surface area contributed by atoms with Crippen LogP contribution in [0, 0.1) is 17.0 Å². The first kappa shape index (κ1) is 16.4. The molecule has 1 N–H and O–H groups in total. The van der Waals surface area contributed by atoms with Crippen LogP contribution in [0.15, 0.2) is 18.2 Å². The van der Waals surface area contributed by atoms with Crippen molar-refractivity contribution >= 4 is 11.9 Å². The van der Waals surface area contributed by atoms with E-state index in [1.807, 2.05) is 20.8 Å². The molecule has 1 heterocycles. The summed E-state index contributed by atoms with van der Waals surface area (Å²) in [5.74, 6) is -2.43. The number of urea groups is 1. The third kappa shape index (κ3) is 3.10. The molecule has 0 aliphatic carbocycles. The summed E-state index contributed by atoms with van der Waals surface area (Å²) in [6.45, 7) is 7.51. The lowest BCUT2D eigenvalue weighted by atomic mass is 9.87. The van der Waals surface area contributed by atoms with Crippen molar-refractivity contribution in [2.24, 2.45) is 5.41 Å². The maximum atomic E-state index is 13.3. The zero-order valence-corrected chi connectivity index (χ0v) is 13.1. The first-order valence-corrected chi connectivity index (χ1v) is 7.18. The van der Waals surface area contributed by atoms with Gasteiger partial charge in [-0.1, -0.05) is 33.8 Å². The maximum absolute atomic E-state index is 13.3. The van der Waals surface area contributed by atoms with Crippen LogP contribution in [0.3, 0.4) is 0 Å². The third-order valence-corrected chi connectivity index (χ3v) is 3.86. The van der Waals surface area contributed by atoms with Crippen LogP contribution in [0.1, 0.15) is 39.2 Å². The number of carbonyl (C=O) groups excluding carboxylic acids is 2. The molecule has 0 unspecified atom stereocenters. The summed E-state index contributed by atoms with van der Waals surface area (Å²) in [7, 11) is 0. The van der Waals surface area contributed by atoms with Crippen LogP contribution in [0.25, 0.3) is 0 Å². The van der Waals surface area contributed by atoms with Gasteiger partial charge in [0.2, 0.25) is 0 Å². The molecule has 1 aromatic carbocycles. The monoisotopic (exact) mass is 310 g/mol. The van der Waals surface area contributed by atoms with Crippen LogP contribution in [-0.4, -0.2) is 29.4 Å². The summed E-state index contributed by atoms with van der Waals surface area (Å²) in [5.41, 5.74) is 0.158. The third-order valence-electron chi connectivity index (χ3n) is 3.86. The van der Waals surface area contributed by atoms with Gasteiger partial charge in [0.25, 0.3) is 5.91 Å². The van der Waals surface area contributed by atoms with Gasteiger partial charge in [-0.2, -0.15) is 0 Å². The van der Waals surface area contributed by atoms with E-state index in [9.17, 15) is 18.4 Å². The highest BCUT2D eigenvalue weighted by Crippen LogP contribution is 2.27. The van der Waals surface area contributed by atoms with E-state index in [0.29, 0.717) is 5.56 Å². The normalized spacial score (nSPS) is 20.3. The van der Waals surface area contributed by atoms with E-state index in [0.717, 1.165) is 17.0 Å². The number of halogens is 2. The Hall–Kier alpha value is -1.98. The first-order valence-electron chi connectivity index (χ1n) is 7.18. The molecule has 0 radical (unpaired) electrons. The van der Waals surface area contributed by atoms with E-state index >= 15 is 0 Å². The van der Waals surface area contributed by atoms with Crippen molar-refractivity contribution in [1.82, 2.24) is 10.2 Å². The van der Waals surface area contributed by atoms with Gasteiger partial charge in [0.05, 0.1) is 0 Å². The second-order valence-electron chi connectivity index (χ2n) is 6.77. The van der Waals surface area contributed by atoms with Gasteiger partial charge < -0.3 is 5.32 Å². The Kier molecular flexibility index (Phi) is 4.22. The van der Waals surface area contributed by atoms with Crippen molar-refractivity contribution in [3.05, 3.63) is 35.4 Å². The van der Waals surface area contributed by atoms with Gasteiger partial charge >= 0.3 is 6.03 Å². The number of carbonyl (C=O) groups is 2. The molecule has 0 aromatic heterocycles. The Morgan fingerprint density at radius 1 is 1.23 bits per heavy atom. The SMILES string of the molecule is C[C@@H](CN1C(=O)N[C@@H](C(C)(C)C)C1=O)c1ccc(F)c(F)c1. The molecule has 6 heteroatoms. The molecular formula is C16H20F2N2O2. The number of rotatable bonds is 3. The minimum Gasteiger partial charge on any atom is -0.325 e. The minimum absolute atomic E-state index is 0.127. The molecule has 120 valence electrons. The van der Waals surface area contributed by atoms with Crippen LogP contribution in [0.5, 0.6) is 0 Å². The van der Waals surface area contributed by atoms with Crippen molar-refractivity contribution in [2.45, 2.75) is 39.7 Å². The van der Waals surface area contributed by atoms with Crippen molar-refractivity contribution in [3.63, 3.8) is 0 Å². The Morgan fingerprint density at radius 2 is 1.86 bits per heavy atom. The smallest absolute Gasteiger partial charge is 0.324 e. The lowest BCUT2D eigenvalue weighted by Gasteiger charge is -2.25. The van der Waals surface area contributed by atoms with E-state index in [4.69, 9.17) is 0 Å². The van der Waals surface area contributed by atoms with E-state index in [1.54, 1.807) is 6.92 Å². The maximum Gasteiger partial charge on any atom is 0.324 e. The van der Waals surface area contributed by atoms with Crippen LogP contribution in [-0.2, 0) is 4.79 Å². The molecule has 2 rings (SSSR count). The molecule has 4 nitrogen and oxygen atoms in total. The number of amides is 3. The van der Waals surface area contributed by atoms with Crippen LogP contribution >= 0.6 is 0 Å². The van der Waals surface area contributed by atoms with E-state index < -0.39 is 23.7 Å². The number of nitrogens with zero attached hydrogens (tertiary/aromatic N) is 1. The van der Waals surface area contributed by atoms with Gasteiger partial charge in [0.1, 0.15) is 6.04 Å². The van der Waals surface area contributed by atoms with E-state index in [-0.39, 0.29) is 23.8 Å². The van der Waals surface area contributed by atoms with Gasteiger partial charge in [-0.15, -0.1) is 0 Å². The van der Waals surface area contributed by atoms with Crippen molar-refractivity contribution in [3.8, 4) is 0 Å². The summed E-state index contributed by atoms with van der Waals surface area (Å²) in [6.07, 6.45) is 0. The predicted molar refractivity (Wildman–Crippen MR) is 78.3 cm³/mol. The molecule has 1 aromatic rings. The average Bonchev–Trinajstić information content (AvgIpc) is 2.69. The highest BCUT2D eigenvalue weighted by Gasteiger charge is 2.44.